The van der Waals surface area contributed by atoms with E-state index in [4.69, 9.17) is 19.1 Å². The van der Waals surface area contributed by atoms with Gasteiger partial charge < -0.3 is 24.6 Å². The Balaban J connectivity index is 4.56. The topological polar surface area (TPSA) is 149 Å². The predicted octanol–water partition coefficient (Wildman–Crippen LogP) is 12.1. The molecule has 10 nitrogen and oxygen atoms in total. The lowest BCUT2D eigenvalue weighted by Gasteiger charge is -2.20. The highest BCUT2D eigenvalue weighted by molar-refractivity contribution is 7.47. The monoisotopic (exact) mass is 869 g/mol. The maximum absolute atomic E-state index is 12.6. The van der Waals surface area contributed by atoms with Crippen molar-refractivity contribution in [2.75, 3.05) is 26.4 Å². The smallest absolute Gasteiger partial charge is 0.462 e. The Hall–Kier alpha value is -3.89. The summed E-state index contributed by atoms with van der Waals surface area (Å²) in [6.07, 6.45) is 58.7. The maximum atomic E-state index is 12.6. The van der Waals surface area contributed by atoms with Crippen LogP contribution < -0.4 is 0 Å². The van der Waals surface area contributed by atoms with Gasteiger partial charge in [0.05, 0.1) is 19.8 Å². The van der Waals surface area contributed by atoms with E-state index in [-0.39, 0.29) is 12.8 Å². The van der Waals surface area contributed by atoms with E-state index in [1.807, 2.05) is 30.4 Å². The van der Waals surface area contributed by atoms with Crippen LogP contribution in [-0.2, 0) is 32.7 Å². The van der Waals surface area contributed by atoms with Gasteiger partial charge in [-0.15, -0.1) is 0 Å². The zero-order valence-electron chi connectivity index (χ0n) is 37.1. The fourth-order valence-corrected chi connectivity index (χ4v) is 5.73. The number of hydrogen-bond donors (Lipinski definition) is 3. The zero-order valence-corrected chi connectivity index (χ0v) is 38.0. The van der Waals surface area contributed by atoms with Crippen molar-refractivity contribution in [3.63, 3.8) is 0 Å². The number of ether oxygens (including phenoxy) is 2. The van der Waals surface area contributed by atoms with Gasteiger partial charge >= 0.3 is 19.8 Å². The molecule has 0 saturated heterocycles. The van der Waals surface area contributed by atoms with Crippen molar-refractivity contribution in [1.29, 1.82) is 0 Å². The highest BCUT2D eigenvalue weighted by atomic mass is 31.2. The fraction of sp³-hybridized carbons (Fsp3) is 0.520. The molecule has 3 N–H and O–H groups in total. The minimum absolute atomic E-state index is 0.0345. The molecule has 0 aliphatic heterocycles. The number of carbonyl (C=O) groups is 2. The van der Waals surface area contributed by atoms with Gasteiger partial charge in [-0.1, -0.05) is 160 Å². The number of phosphoric acid groups is 1. The van der Waals surface area contributed by atoms with Crippen LogP contribution in [0.25, 0.3) is 0 Å². The summed E-state index contributed by atoms with van der Waals surface area (Å²) in [6, 6.07) is 0. The van der Waals surface area contributed by atoms with Gasteiger partial charge in [0.1, 0.15) is 12.7 Å². The Morgan fingerprint density at radius 1 is 0.508 bits per heavy atom. The lowest BCUT2D eigenvalue weighted by Crippen LogP contribution is -2.29. The first-order chi connectivity index (χ1) is 29.7. The molecule has 0 saturated carbocycles. The van der Waals surface area contributed by atoms with Crippen LogP contribution in [-0.4, -0.2) is 65.7 Å². The normalized spacial score (nSPS) is 15.0. The van der Waals surface area contributed by atoms with Crippen LogP contribution in [0.15, 0.2) is 134 Å². The van der Waals surface area contributed by atoms with Crippen molar-refractivity contribution < 1.29 is 47.8 Å². The second-order valence-corrected chi connectivity index (χ2v) is 15.4. The summed E-state index contributed by atoms with van der Waals surface area (Å²) in [6.45, 7) is 2.03. The standard InChI is InChI=1S/C50H77O10P/c1-3-5-7-9-11-13-15-17-19-21-23-25-27-29-31-33-35-37-39-41-49(53)57-45-48(46-59-61(55,56)58-44-47(52)43-51)60-50(54)42-40-38-36-34-32-30-28-26-24-22-20-18-16-14-12-10-8-6-4-2/h6,8,11-14,17-20,23-26,29-32,35-38,47-48,51-52H,3-5,7,9-10,15-16,21-22,27-28,33-34,39-46H2,1-2H3,(H,55,56)/b8-6+,13-11+,14-12+,19-17+,20-18+,25-23+,26-24+,31-29+,32-30+,37-35+,38-36+/t47-,48+/m0/s1. The number of rotatable bonds is 39. The minimum Gasteiger partial charge on any atom is -0.462 e. The lowest BCUT2D eigenvalue weighted by molar-refractivity contribution is -0.161. The number of carbonyl (C=O) groups excluding carboxylic acids is 2. The molecule has 61 heavy (non-hydrogen) atoms. The van der Waals surface area contributed by atoms with E-state index >= 15 is 0 Å². The number of esters is 2. The van der Waals surface area contributed by atoms with E-state index in [1.54, 1.807) is 0 Å². The third-order valence-corrected chi connectivity index (χ3v) is 9.27. The number of aliphatic hydroxyl groups excluding tert-OH is 2. The molecule has 0 bridgehead atoms. The van der Waals surface area contributed by atoms with Gasteiger partial charge in [0.15, 0.2) is 6.10 Å². The van der Waals surface area contributed by atoms with E-state index < -0.39 is 58.4 Å². The third-order valence-electron chi connectivity index (χ3n) is 8.32. The average Bonchev–Trinajstić information content (AvgIpc) is 3.25. The summed E-state index contributed by atoms with van der Waals surface area (Å²) in [7, 11) is -4.67. The van der Waals surface area contributed by atoms with Crippen molar-refractivity contribution in [3.05, 3.63) is 134 Å². The Kier molecular flexibility index (Phi) is 41.4. The number of aliphatic hydroxyl groups is 2. The molecular weight excluding hydrogens is 792 g/mol. The number of phosphoric ester groups is 1. The van der Waals surface area contributed by atoms with E-state index in [0.717, 1.165) is 57.8 Å². The number of allylic oxidation sites excluding steroid dienone is 22. The Morgan fingerprint density at radius 3 is 1.30 bits per heavy atom. The van der Waals surface area contributed by atoms with Gasteiger partial charge in [-0.3, -0.25) is 18.6 Å². The molecule has 0 amide bonds. The van der Waals surface area contributed by atoms with Crippen LogP contribution in [0.5, 0.6) is 0 Å². The van der Waals surface area contributed by atoms with E-state index in [0.29, 0.717) is 19.3 Å². The third kappa shape index (κ3) is 44.0. The molecule has 0 rings (SSSR count). The Morgan fingerprint density at radius 2 is 0.885 bits per heavy atom. The van der Waals surface area contributed by atoms with Crippen molar-refractivity contribution in [2.24, 2.45) is 0 Å². The van der Waals surface area contributed by atoms with Crippen LogP contribution >= 0.6 is 7.82 Å². The quantitative estimate of drug-likeness (QED) is 0.0236. The first kappa shape index (κ1) is 57.1. The molecule has 11 heteroatoms. The summed E-state index contributed by atoms with van der Waals surface area (Å²) >= 11 is 0. The van der Waals surface area contributed by atoms with Crippen LogP contribution in [0.4, 0.5) is 0 Å². The van der Waals surface area contributed by atoms with E-state index in [1.165, 1.54) is 25.7 Å². The molecule has 0 aliphatic rings. The average molecular weight is 869 g/mol. The van der Waals surface area contributed by atoms with Crippen LogP contribution in [0, 0.1) is 0 Å². The van der Waals surface area contributed by atoms with Crippen molar-refractivity contribution in [1.82, 2.24) is 0 Å². The molecule has 0 aliphatic carbocycles. The van der Waals surface area contributed by atoms with Gasteiger partial charge in [-0.05, 0) is 89.9 Å². The van der Waals surface area contributed by atoms with Crippen molar-refractivity contribution in [2.45, 2.75) is 142 Å². The molecule has 1 unspecified atom stereocenters. The fourth-order valence-electron chi connectivity index (χ4n) is 4.94. The molecule has 0 aromatic carbocycles. The van der Waals surface area contributed by atoms with Crippen molar-refractivity contribution >= 4 is 19.8 Å². The first-order valence-electron chi connectivity index (χ1n) is 22.1. The van der Waals surface area contributed by atoms with E-state index in [9.17, 15) is 24.2 Å². The van der Waals surface area contributed by atoms with Gasteiger partial charge in [-0.25, -0.2) is 4.57 Å². The molecule has 0 radical (unpaired) electrons. The lowest BCUT2D eigenvalue weighted by atomic mass is 10.2. The summed E-state index contributed by atoms with van der Waals surface area (Å²) in [4.78, 5) is 35.0. The summed E-state index contributed by atoms with van der Waals surface area (Å²) < 4.78 is 32.5. The highest BCUT2D eigenvalue weighted by Gasteiger charge is 2.27. The first-order valence-corrected chi connectivity index (χ1v) is 23.6. The number of unbranched alkanes of at least 4 members (excludes halogenated alkanes) is 3. The van der Waals surface area contributed by atoms with Crippen LogP contribution in [0.2, 0.25) is 0 Å². The molecule has 342 valence electrons. The molecule has 0 fully saturated rings. The highest BCUT2D eigenvalue weighted by Crippen LogP contribution is 2.43. The van der Waals surface area contributed by atoms with Gasteiger partial charge in [0.25, 0.3) is 0 Å². The summed E-state index contributed by atoms with van der Waals surface area (Å²) in [5, 5.41) is 18.3. The largest absolute Gasteiger partial charge is 0.472 e. The van der Waals surface area contributed by atoms with Crippen LogP contribution in [0.3, 0.4) is 0 Å². The maximum Gasteiger partial charge on any atom is 0.472 e. The van der Waals surface area contributed by atoms with Crippen LogP contribution in [0.1, 0.15) is 129 Å². The Bertz CT molecular complexity index is 1460. The molecule has 0 spiro atoms. The van der Waals surface area contributed by atoms with Gasteiger partial charge in [0.2, 0.25) is 0 Å². The molecule has 0 aromatic heterocycles. The molecule has 0 aromatic rings. The number of hydrogen-bond acceptors (Lipinski definition) is 9. The van der Waals surface area contributed by atoms with E-state index in [2.05, 4.69) is 122 Å². The Labute approximate surface area is 368 Å². The second-order valence-electron chi connectivity index (χ2n) is 14.0. The summed E-state index contributed by atoms with van der Waals surface area (Å²) in [5.74, 6) is -1.13. The molecule has 3 atom stereocenters. The predicted molar refractivity (Wildman–Crippen MR) is 251 cm³/mol. The zero-order chi connectivity index (χ0) is 44.8. The SMILES string of the molecule is CC/C=C/C/C=C/C/C=C/C/C=C/C/C=C/C/C=C/CCC(=O)O[C@H](COC(=O)CC/C=C/C/C=C/C/C=C/C/C=C/C/C=C/CCCCC)COP(=O)(O)OC[C@@H](O)CO. The molecule has 0 heterocycles. The van der Waals surface area contributed by atoms with Crippen molar-refractivity contribution in [3.8, 4) is 0 Å². The second kappa shape index (κ2) is 44.2. The van der Waals surface area contributed by atoms with Gasteiger partial charge in [-0.2, -0.15) is 0 Å². The summed E-state index contributed by atoms with van der Waals surface area (Å²) in [5.41, 5.74) is 0. The van der Waals surface area contributed by atoms with Gasteiger partial charge in [0, 0.05) is 12.8 Å². The molecular formula is C50H77O10P. The minimum atomic E-state index is -4.67.